The Balaban J connectivity index is 1.69. The summed E-state index contributed by atoms with van der Waals surface area (Å²) in [6.07, 6.45) is 1.29. The van der Waals surface area contributed by atoms with Crippen molar-refractivity contribution in [2.45, 2.75) is 44.7 Å². The summed E-state index contributed by atoms with van der Waals surface area (Å²) in [5, 5.41) is 3.67. The molecule has 0 bridgehead atoms. The zero-order valence-corrected chi connectivity index (χ0v) is 12.1. The fraction of sp³-hybridized carbons (Fsp3) is 0.625. The lowest BCUT2D eigenvalue weighted by atomic mass is 10.1. The molecule has 1 aliphatic rings. The van der Waals surface area contributed by atoms with Gasteiger partial charge >= 0.3 is 0 Å². The Morgan fingerprint density at radius 2 is 1.89 bits per heavy atom. The molecule has 100 valence electrons. The quantitative estimate of drug-likeness (QED) is 0.859. The second-order valence-electron chi connectivity index (χ2n) is 6.41. The monoisotopic (exact) mass is 246 g/mol. The van der Waals surface area contributed by atoms with Crippen molar-refractivity contribution in [2.24, 2.45) is 0 Å². The van der Waals surface area contributed by atoms with Crippen molar-refractivity contribution in [2.75, 3.05) is 20.1 Å². The average Bonchev–Trinajstić information content (AvgIpc) is 3.08. The van der Waals surface area contributed by atoms with Crippen LogP contribution in [0.15, 0.2) is 30.3 Å². The van der Waals surface area contributed by atoms with Crippen molar-refractivity contribution in [3.63, 3.8) is 0 Å². The molecule has 1 aromatic rings. The molecule has 18 heavy (non-hydrogen) atoms. The van der Waals surface area contributed by atoms with Crippen LogP contribution in [0.2, 0.25) is 0 Å². The van der Waals surface area contributed by atoms with Crippen molar-refractivity contribution in [3.05, 3.63) is 35.9 Å². The molecule has 0 aromatic heterocycles. The molecule has 0 radical (unpaired) electrons. The number of benzene rings is 1. The molecule has 0 aliphatic heterocycles. The van der Waals surface area contributed by atoms with Gasteiger partial charge in [0.2, 0.25) is 0 Å². The van der Waals surface area contributed by atoms with Gasteiger partial charge < -0.3 is 10.2 Å². The van der Waals surface area contributed by atoms with E-state index < -0.39 is 0 Å². The lowest BCUT2D eigenvalue weighted by Gasteiger charge is -2.31. The molecular weight excluding hydrogens is 220 g/mol. The minimum atomic E-state index is 0.268. The molecule has 1 saturated carbocycles. The van der Waals surface area contributed by atoms with E-state index in [-0.39, 0.29) is 5.54 Å². The highest BCUT2D eigenvalue weighted by molar-refractivity contribution is 5.27. The normalized spacial score (nSPS) is 23.4. The minimum absolute atomic E-state index is 0.268. The van der Waals surface area contributed by atoms with Gasteiger partial charge in [-0.25, -0.2) is 0 Å². The van der Waals surface area contributed by atoms with Crippen LogP contribution < -0.4 is 5.32 Å². The molecule has 2 rings (SSSR count). The summed E-state index contributed by atoms with van der Waals surface area (Å²) in [6.45, 7) is 8.98. The van der Waals surface area contributed by atoms with Gasteiger partial charge in [0.15, 0.2) is 0 Å². The third kappa shape index (κ3) is 3.56. The largest absolute Gasteiger partial charge is 0.312 e. The predicted molar refractivity (Wildman–Crippen MR) is 78.0 cm³/mol. The van der Waals surface area contributed by atoms with E-state index in [0.29, 0.717) is 6.04 Å². The molecule has 2 atom stereocenters. The van der Waals surface area contributed by atoms with Crippen LogP contribution in [0, 0.1) is 0 Å². The van der Waals surface area contributed by atoms with Gasteiger partial charge in [0.25, 0.3) is 0 Å². The third-order valence-electron chi connectivity index (χ3n) is 4.02. The van der Waals surface area contributed by atoms with Crippen LogP contribution in [0.1, 0.15) is 38.7 Å². The molecule has 1 aromatic carbocycles. The zero-order chi connectivity index (χ0) is 13.2. The first-order chi connectivity index (χ1) is 8.48. The van der Waals surface area contributed by atoms with Crippen LogP contribution in [0.25, 0.3) is 0 Å². The molecule has 1 fully saturated rings. The Morgan fingerprint density at radius 3 is 2.50 bits per heavy atom. The molecular formula is C16H26N2. The lowest BCUT2D eigenvalue weighted by Crippen LogP contribution is -2.42. The topological polar surface area (TPSA) is 15.3 Å². The highest BCUT2D eigenvalue weighted by Gasteiger charge is 2.37. The van der Waals surface area contributed by atoms with Gasteiger partial charge in [-0.15, -0.1) is 0 Å². The Kier molecular flexibility index (Phi) is 4.08. The zero-order valence-electron chi connectivity index (χ0n) is 12.1. The van der Waals surface area contributed by atoms with Gasteiger partial charge in [0, 0.05) is 30.6 Å². The molecule has 0 spiro atoms. The Bertz CT molecular complexity index is 366. The Labute approximate surface area is 111 Å². The molecule has 2 heteroatoms. The van der Waals surface area contributed by atoms with E-state index >= 15 is 0 Å². The van der Waals surface area contributed by atoms with E-state index in [2.05, 4.69) is 68.4 Å². The maximum absolute atomic E-state index is 3.67. The second kappa shape index (κ2) is 5.41. The molecule has 1 aliphatic carbocycles. The van der Waals surface area contributed by atoms with Crippen LogP contribution in [0.4, 0.5) is 0 Å². The van der Waals surface area contributed by atoms with Gasteiger partial charge in [0.1, 0.15) is 0 Å². The van der Waals surface area contributed by atoms with Gasteiger partial charge in [-0.05, 0) is 39.8 Å². The van der Waals surface area contributed by atoms with Gasteiger partial charge in [0.05, 0.1) is 0 Å². The first-order valence-corrected chi connectivity index (χ1v) is 6.98. The number of hydrogen-bond acceptors (Lipinski definition) is 2. The van der Waals surface area contributed by atoms with E-state index in [1.807, 2.05) is 0 Å². The molecule has 1 N–H and O–H groups in total. The average molecular weight is 246 g/mol. The van der Waals surface area contributed by atoms with Gasteiger partial charge in [-0.1, -0.05) is 30.3 Å². The standard InChI is InChI=1S/C16H26N2/c1-16(2,3)18(4)11-10-17-15-12-14(15)13-8-6-5-7-9-13/h5-9,14-15,17H,10-12H2,1-4H3/t14-,15+/m0/s1. The van der Waals surface area contributed by atoms with Crippen LogP contribution in [0.3, 0.4) is 0 Å². The van der Waals surface area contributed by atoms with E-state index in [1.165, 1.54) is 12.0 Å². The number of nitrogens with zero attached hydrogens (tertiary/aromatic N) is 1. The number of hydrogen-bond donors (Lipinski definition) is 1. The highest BCUT2D eigenvalue weighted by Crippen LogP contribution is 2.40. The number of rotatable bonds is 5. The molecule has 2 nitrogen and oxygen atoms in total. The van der Waals surface area contributed by atoms with Crippen LogP contribution >= 0.6 is 0 Å². The Morgan fingerprint density at radius 1 is 1.22 bits per heavy atom. The highest BCUT2D eigenvalue weighted by atomic mass is 15.2. The summed E-state index contributed by atoms with van der Waals surface area (Å²) in [4.78, 5) is 2.40. The van der Waals surface area contributed by atoms with E-state index in [1.54, 1.807) is 0 Å². The first-order valence-electron chi connectivity index (χ1n) is 6.98. The Hall–Kier alpha value is -0.860. The van der Waals surface area contributed by atoms with E-state index in [0.717, 1.165) is 19.0 Å². The summed E-state index contributed by atoms with van der Waals surface area (Å²) in [5.74, 6) is 0.742. The number of nitrogens with one attached hydrogen (secondary N) is 1. The molecule has 0 unspecified atom stereocenters. The maximum Gasteiger partial charge on any atom is 0.0143 e. The predicted octanol–water partition coefficient (Wildman–Crippen LogP) is 2.86. The SMILES string of the molecule is CN(CCN[C@@H]1C[C@H]1c1ccccc1)C(C)(C)C. The molecule has 0 saturated heterocycles. The first kappa shape index (κ1) is 13.6. The van der Waals surface area contributed by atoms with Crippen molar-refractivity contribution in [1.29, 1.82) is 0 Å². The van der Waals surface area contributed by atoms with Crippen molar-refractivity contribution in [3.8, 4) is 0 Å². The smallest absolute Gasteiger partial charge is 0.0143 e. The van der Waals surface area contributed by atoms with Crippen LogP contribution in [-0.2, 0) is 0 Å². The third-order valence-corrected chi connectivity index (χ3v) is 4.02. The van der Waals surface area contributed by atoms with Crippen molar-refractivity contribution in [1.82, 2.24) is 10.2 Å². The molecule has 0 heterocycles. The summed E-state index contributed by atoms with van der Waals surface area (Å²) in [7, 11) is 2.20. The van der Waals surface area contributed by atoms with E-state index in [4.69, 9.17) is 0 Å². The summed E-state index contributed by atoms with van der Waals surface area (Å²) in [6, 6.07) is 11.5. The fourth-order valence-electron chi connectivity index (χ4n) is 2.24. The minimum Gasteiger partial charge on any atom is -0.312 e. The van der Waals surface area contributed by atoms with Crippen molar-refractivity contribution >= 4 is 0 Å². The second-order valence-corrected chi connectivity index (χ2v) is 6.41. The van der Waals surface area contributed by atoms with Crippen molar-refractivity contribution < 1.29 is 0 Å². The lowest BCUT2D eigenvalue weighted by molar-refractivity contribution is 0.176. The number of likely N-dealkylation sites (N-methyl/N-ethyl adjacent to an activating group) is 1. The van der Waals surface area contributed by atoms with Crippen LogP contribution in [0.5, 0.6) is 0 Å². The van der Waals surface area contributed by atoms with E-state index in [9.17, 15) is 0 Å². The van der Waals surface area contributed by atoms with Gasteiger partial charge in [-0.3, -0.25) is 0 Å². The summed E-state index contributed by atoms with van der Waals surface area (Å²) >= 11 is 0. The van der Waals surface area contributed by atoms with Crippen LogP contribution in [-0.4, -0.2) is 36.6 Å². The summed E-state index contributed by atoms with van der Waals surface area (Å²) in [5.41, 5.74) is 1.75. The van der Waals surface area contributed by atoms with Gasteiger partial charge in [-0.2, -0.15) is 0 Å². The molecule has 0 amide bonds. The maximum atomic E-state index is 3.67. The summed E-state index contributed by atoms with van der Waals surface area (Å²) < 4.78 is 0. The fourth-order valence-corrected chi connectivity index (χ4v) is 2.24.